The average molecular weight is 289 g/mol. The van der Waals surface area contributed by atoms with Gasteiger partial charge in [0.25, 0.3) is 0 Å². The first-order valence-electron chi connectivity index (χ1n) is 7.20. The SMILES string of the molecule is CN(CC(=O)N(C)C)CC(=O)N1CCc2ccccc2C1. The van der Waals surface area contributed by atoms with Gasteiger partial charge in [-0.05, 0) is 24.6 Å². The lowest BCUT2D eigenvalue weighted by Gasteiger charge is -2.30. The highest BCUT2D eigenvalue weighted by Gasteiger charge is 2.21. The van der Waals surface area contributed by atoms with Gasteiger partial charge in [-0.3, -0.25) is 14.5 Å². The van der Waals surface area contributed by atoms with Crippen LogP contribution in [0.5, 0.6) is 0 Å². The second kappa shape index (κ2) is 6.72. The fourth-order valence-electron chi connectivity index (χ4n) is 2.47. The Morgan fingerprint density at radius 1 is 1.10 bits per heavy atom. The Morgan fingerprint density at radius 2 is 1.76 bits per heavy atom. The van der Waals surface area contributed by atoms with Gasteiger partial charge >= 0.3 is 0 Å². The van der Waals surface area contributed by atoms with E-state index in [1.54, 1.807) is 26.0 Å². The molecule has 1 heterocycles. The number of hydrogen-bond acceptors (Lipinski definition) is 3. The van der Waals surface area contributed by atoms with Crippen LogP contribution >= 0.6 is 0 Å². The van der Waals surface area contributed by atoms with E-state index < -0.39 is 0 Å². The highest BCUT2D eigenvalue weighted by atomic mass is 16.2. The van der Waals surface area contributed by atoms with Crippen molar-refractivity contribution in [1.82, 2.24) is 14.7 Å². The molecule has 2 rings (SSSR count). The van der Waals surface area contributed by atoms with E-state index in [4.69, 9.17) is 0 Å². The van der Waals surface area contributed by atoms with Gasteiger partial charge in [0.15, 0.2) is 0 Å². The third-order valence-electron chi connectivity index (χ3n) is 3.79. The summed E-state index contributed by atoms with van der Waals surface area (Å²) in [5.74, 6) is 0.0906. The van der Waals surface area contributed by atoms with E-state index in [2.05, 4.69) is 12.1 Å². The number of carbonyl (C=O) groups is 2. The normalized spacial score (nSPS) is 14.0. The van der Waals surface area contributed by atoms with Crippen LogP contribution in [0.25, 0.3) is 0 Å². The van der Waals surface area contributed by atoms with E-state index in [9.17, 15) is 9.59 Å². The Labute approximate surface area is 126 Å². The molecule has 0 saturated carbocycles. The van der Waals surface area contributed by atoms with Crippen LogP contribution in [-0.4, -0.2) is 67.3 Å². The van der Waals surface area contributed by atoms with Crippen molar-refractivity contribution < 1.29 is 9.59 Å². The number of fused-ring (bicyclic) bond motifs is 1. The number of nitrogens with zero attached hydrogens (tertiary/aromatic N) is 3. The van der Waals surface area contributed by atoms with Crippen LogP contribution in [0.2, 0.25) is 0 Å². The van der Waals surface area contributed by atoms with Crippen LogP contribution in [0.1, 0.15) is 11.1 Å². The Hall–Kier alpha value is -1.88. The lowest BCUT2D eigenvalue weighted by molar-refractivity contribution is -0.134. The van der Waals surface area contributed by atoms with Crippen molar-refractivity contribution in [1.29, 1.82) is 0 Å². The van der Waals surface area contributed by atoms with Gasteiger partial charge in [0, 0.05) is 27.2 Å². The van der Waals surface area contributed by atoms with Gasteiger partial charge in [-0.15, -0.1) is 0 Å². The van der Waals surface area contributed by atoms with E-state index in [1.165, 1.54) is 16.0 Å². The van der Waals surface area contributed by atoms with Crippen molar-refractivity contribution in [3.8, 4) is 0 Å². The monoisotopic (exact) mass is 289 g/mol. The molecule has 1 aliphatic rings. The fourth-order valence-corrected chi connectivity index (χ4v) is 2.47. The maximum absolute atomic E-state index is 12.3. The molecular weight excluding hydrogens is 266 g/mol. The molecule has 0 bridgehead atoms. The molecule has 0 saturated heterocycles. The summed E-state index contributed by atoms with van der Waals surface area (Å²) in [6, 6.07) is 8.25. The van der Waals surface area contributed by atoms with Gasteiger partial charge in [0.05, 0.1) is 13.1 Å². The van der Waals surface area contributed by atoms with Crippen molar-refractivity contribution in [2.75, 3.05) is 40.8 Å². The van der Waals surface area contributed by atoms with Crippen LogP contribution < -0.4 is 0 Å². The second-order valence-electron chi connectivity index (χ2n) is 5.79. The highest BCUT2D eigenvalue weighted by Crippen LogP contribution is 2.18. The Morgan fingerprint density at radius 3 is 2.43 bits per heavy atom. The minimum atomic E-state index is 0.00860. The van der Waals surface area contributed by atoms with Crippen LogP contribution in [0.4, 0.5) is 0 Å². The second-order valence-corrected chi connectivity index (χ2v) is 5.79. The Kier molecular flexibility index (Phi) is 4.96. The first kappa shape index (κ1) is 15.5. The molecule has 21 heavy (non-hydrogen) atoms. The first-order valence-corrected chi connectivity index (χ1v) is 7.20. The molecule has 0 radical (unpaired) electrons. The number of amides is 2. The predicted molar refractivity (Wildman–Crippen MR) is 81.8 cm³/mol. The van der Waals surface area contributed by atoms with Crippen LogP contribution in [-0.2, 0) is 22.6 Å². The third-order valence-corrected chi connectivity index (χ3v) is 3.79. The van der Waals surface area contributed by atoms with Gasteiger partial charge in [-0.2, -0.15) is 0 Å². The summed E-state index contributed by atoms with van der Waals surface area (Å²) in [4.78, 5) is 29.1. The van der Waals surface area contributed by atoms with Crippen LogP contribution in [0.3, 0.4) is 0 Å². The zero-order valence-corrected chi connectivity index (χ0v) is 13.0. The fraction of sp³-hybridized carbons (Fsp3) is 0.500. The molecule has 0 fully saturated rings. The van der Waals surface area contributed by atoms with Gasteiger partial charge in [0.1, 0.15) is 0 Å². The topological polar surface area (TPSA) is 43.9 Å². The highest BCUT2D eigenvalue weighted by molar-refractivity contribution is 5.81. The third kappa shape index (κ3) is 4.04. The molecular formula is C16H23N3O2. The average Bonchev–Trinajstić information content (AvgIpc) is 2.46. The number of hydrogen-bond donors (Lipinski definition) is 0. The molecule has 1 aromatic carbocycles. The quantitative estimate of drug-likeness (QED) is 0.815. The molecule has 2 amide bonds. The molecule has 5 heteroatoms. The Bertz CT molecular complexity index is 528. The van der Waals surface area contributed by atoms with Crippen LogP contribution in [0, 0.1) is 0 Å². The minimum absolute atomic E-state index is 0.00860. The van der Waals surface area contributed by atoms with E-state index in [-0.39, 0.29) is 24.9 Å². The summed E-state index contributed by atoms with van der Waals surface area (Å²) in [6.07, 6.45) is 0.905. The molecule has 0 aromatic heterocycles. The van der Waals surface area contributed by atoms with Crippen molar-refractivity contribution in [2.45, 2.75) is 13.0 Å². The van der Waals surface area contributed by atoms with Gasteiger partial charge in [-0.25, -0.2) is 0 Å². The summed E-state index contributed by atoms with van der Waals surface area (Å²) < 4.78 is 0. The van der Waals surface area contributed by atoms with E-state index in [0.29, 0.717) is 6.54 Å². The van der Waals surface area contributed by atoms with Crippen molar-refractivity contribution in [3.63, 3.8) is 0 Å². The number of likely N-dealkylation sites (N-methyl/N-ethyl adjacent to an activating group) is 2. The molecule has 0 atom stereocenters. The standard InChI is InChI=1S/C16H23N3O2/c1-17(2)15(20)11-18(3)12-16(21)19-9-8-13-6-4-5-7-14(13)10-19/h4-7H,8-12H2,1-3H3. The lowest BCUT2D eigenvalue weighted by Crippen LogP contribution is -2.44. The van der Waals surface area contributed by atoms with Gasteiger partial charge in [0.2, 0.25) is 11.8 Å². The zero-order valence-electron chi connectivity index (χ0n) is 13.0. The van der Waals surface area contributed by atoms with E-state index in [0.717, 1.165) is 13.0 Å². The predicted octanol–water partition coefficient (Wildman–Crippen LogP) is 0.591. The summed E-state index contributed by atoms with van der Waals surface area (Å²) in [6.45, 7) is 1.97. The van der Waals surface area contributed by atoms with Crippen molar-refractivity contribution >= 4 is 11.8 Å². The maximum atomic E-state index is 12.3. The number of carbonyl (C=O) groups excluding carboxylic acids is 2. The molecule has 5 nitrogen and oxygen atoms in total. The minimum Gasteiger partial charge on any atom is -0.348 e. The first-order chi connectivity index (χ1) is 9.97. The van der Waals surface area contributed by atoms with Crippen molar-refractivity contribution in [2.24, 2.45) is 0 Å². The van der Waals surface area contributed by atoms with E-state index >= 15 is 0 Å². The molecule has 0 spiro atoms. The number of rotatable bonds is 4. The number of benzene rings is 1. The van der Waals surface area contributed by atoms with Gasteiger partial charge in [-0.1, -0.05) is 24.3 Å². The molecule has 0 N–H and O–H groups in total. The van der Waals surface area contributed by atoms with Crippen molar-refractivity contribution in [3.05, 3.63) is 35.4 Å². The summed E-state index contributed by atoms with van der Waals surface area (Å²) >= 11 is 0. The molecule has 1 aliphatic heterocycles. The van der Waals surface area contributed by atoms with E-state index in [1.807, 2.05) is 17.0 Å². The largest absolute Gasteiger partial charge is 0.348 e. The van der Waals surface area contributed by atoms with Crippen LogP contribution in [0.15, 0.2) is 24.3 Å². The lowest BCUT2D eigenvalue weighted by atomic mass is 10.00. The molecule has 1 aromatic rings. The zero-order chi connectivity index (χ0) is 15.4. The smallest absolute Gasteiger partial charge is 0.237 e. The summed E-state index contributed by atoms with van der Waals surface area (Å²) in [5, 5.41) is 0. The molecule has 0 unspecified atom stereocenters. The Balaban J connectivity index is 1.89. The van der Waals surface area contributed by atoms with Gasteiger partial charge < -0.3 is 9.80 Å². The summed E-state index contributed by atoms with van der Waals surface area (Å²) in [5.41, 5.74) is 2.56. The molecule has 114 valence electrons. The molecule has 0 aliphatic carbocycles. The summed E-state index contributed by atoms with van der Waals surface area (Å²) in [7, 11) is 5.25. The maximum Gasteiger partial charge on any atom is 0.237 e.